The van der Waals surface area contributed by atoms with E-state index in [1.807, 2.05) is 47.2 Å². The van der Waals surface area contributed by atoms with Gasteiger partial charge in [-0.2, -0.15) is 5.26 Å². The molecule has 0 aliphatic carbocycles. The second-order valence-electron chi connectivity index (χ2n) is 6.90. The molecule has 1 saturated heterocycles. The quantitative estimate of drug-likeness (QED) is 0.540. The zero-order valence-corrected chi connectivity index (χ0v) is 16.3. The predicted octanol–water partition coefficient (Wildman–Crippen LogP) is 3.04. The largest absolute Gasteiger partial charge is 0.342 e. The van der Waals surface area contributed by atoms with E-state index in [1.54, 1.807) is 19.1 Å². The van der Waals surface area contributed by atoms with E-state index in [0.29, 0.717) is 17.7 Å². The molecule has 1 aromatic heterocycles. The lowest BCUT2D eigenvalue weighted by Crippen LogP contribution is -2.53. The Morgan fingerprint density at radius 3 is 2.50 bits per heavy atom. The van der Waals surface area contributed by atoms with Gasteiger partial charge in [-0.3, -0.25) is 19.8 Å². The molecular formula is C23H18N4O3. The van der Waals surface area contributed by atoms with Crippen molar-refractivity contribution in [1.82, 2.24) is 14.8 Å². The number of aromatic nitrogens is 1. The van der Waals surface area contributed by atoms with Gasteiger partial charge in [-0.15, -0.1) is 0 Å². The second kappa shape index (κ2) is 7.68. The third-order valence-corrected chi connectivity index (χ3v) is 5.06. The van der Waals surface area contributed by atoms with Crippen LogP contribution in [0.2, 0.25) is 0 Å². The molecule has 3 aromatic rings. The molecule has 7 heteroatoms. The lowest BCUT2D eigenvalue weighted by Gasteiger charge is -2.24. The zero-order valence-electron chi connectivity index (χ0n) is 16.3. The van der Waals surface area contributed by atoms with Crippen LogP contribution in [0.1, 0.15) is 23.6 Å². The molecule has 4 amide bonds. The van der Waals surface area contributed by atoms with Gasteiger partial charge in [0.2, 0.25) is 0 Å². The van der Waals surface area contributed by atoms with Gasteiger partial charge < -0.3 is 4.57 Å². The van der Waals surface area contributed by atoms with Gasteiger partial charge in [-0.05, 0) is 36.8 Å². The van der Waals surface area contributed by atoms with E-state index in [9.17, 15) is 14.4 Å². The standard InChI is InChI=1S/C23H18N4O3/c1-2-27-22(29)19(21(28)25-23(27)30)11-17-14-26(20-6-4-3-5-18(17)20)13-16-9-7-15(12-24)8-10-16/h3-11,14H,2,13H2,1H3,(H,25,28,30)/b19-11+. The van der Waals surface area contributed by atoms with Crippen LogP contribution in [0.15, 0.2) is 60.3 Å². The summed E-state index contributed by atoms with van der Waals surface area (Å²) in [7, 11) is 0. The van der Waals surface area contributed by atoms with Crippen LogP contribution in [0.5, 0.6) is 0 Å². The number of para-hydroxylation sites is 1. The van der Waals surface area contributed by atoms with Gasteiger partial charge in [0.15, 0.2) is 0 Å². The van der Waals surface area contributed by atoms with Crippen LogP contribution in [0, 0.1) is 11.3 Å². The molecule has 0 bridgehead atoms. The second-order valence-corrected chi connectivity index (χ2v) is 6.90. The molecule has 1 fully saturated rings. The Kier molecular flexibility index (Phi) is 4.90. The van der Waals surface area contributed by atoms with Crippen LogP contribution in [0.25, 0.3) is 17.0 Å². The zero-order chi connectivity index (χ0) is 21.3. The van der Waals surface area contributed by atoms with Crippen LogP contribution >= 0.6 is 0 Å². The number of amides is 4. The highest BCUT2D eigenvalue weighted by Gasteiger charge is 2.34. The van der Waals surface area contributed by atoms with Gasteiger partial charge in [0.25, 0.3) is 11.8 Å². The summed E-state index contributed by atoms with van der Waals surface area (Å²) in [4.78, 5) is 37.7. The summed E-state index contributed by atoms with van der Waals surface area (Å²) in [5.74, 6) is -1.30. The number of imide groups is 2. The van der Waals surface area contributed by atoms with Crippen LogP contribution in [0.3, 0.4) is 0 Å². The summed E-state index contributed by atoms with van der Waals surface area (Å²) in [6.07, 6.45) is 3.41. The van der Waals surface area contributed by atoms with Gasteiger partial charge in [-0.1, -0.05) is 30.3 Å². The summed E-state index contributed by atoms with van der Waals surface area (Å²) >= 11 is 0. The van der Waals surface area contributed by atoms with Crippen molar-refractivity contribution in [1.29, 1.82) is 5.26 Å². The van der Waals surface area contributed by atoms with Gasteiger partial charge in [0, 0.05) is 35.8 Å². The molecule has 1 aliphatic heterocycles. The van der Waals surface area contributed by atoms with Crippen molar-refractivity contribution in [2.24, 2.45) is 0 Å². The number of carbonyl (C=O) groups is 3. The fourth-order valence-corrected chi connectivity index (χ4v) is 3.54. The van der Waals surface area contributed by atoms with Crippen molar-refractivity contribution in [3.63, 3.8) is 0 Å². The topological polar surface area (TPSA) is 95.2 Å². The molecular weight excluding hydrogens is 380 g/mol. The molecule has 0 saturated carbocycles. The van der Waals surface area contributed by atoms with E-state index in [4.69, 9.17) is 5.26 Å². The highest BCUT2D eigenvalue weighted by molar-refractivity contribution is 6.31. The molecule has 0 spiro atoms. The summed E-state index contributed by atoms with van der Waals surface area (Å²) in [6, 6.07) is 16.4. The molecule has 0 atom stereocenters. The number of hydrogen-bond donors (Lipinski definition) is 1. The number of urea groups is 1. The van der Waals surface area contributed by atoms with E-state index in [2.05, 4.69) is 11.4 Å². The van der Waals surface area contributed by atoms with Gasteiger partial charge in [0.05, 0.1) is 11.6 Å². The molecule has 2 heterocycles. The minimum absolute atomic E-state index is 0.0715. The average molecular weight is 398 g/mol. The maximum absolute atomic E-state index is 12.6. The van der Waals surface area contributed by atoms with E-state index in [0.717, 1.165) is 21.4 Å². The first-order valence-corrected chi connectivity index (χ1v) is 9.47. The number of nitrogens with one attached hydrogen (secondary N) is 1. The van der Waals surface area contributed by atoms with E-state index in [-0.39, 0.29) is 12.1 Å². The van der Waals surface area contributed by atoms with Crippen molar-refractivity contribution in [2.45, 2.75) is 13.5 Å². The third kappa shape index (κ3) is 3.35. The number of carbonyl (C=O) groups excluding carboxylic acids is 3. The van der Waals surface area contributed by atoms with Gasteiger partial charge in [0.1, 0.15) is 5.57 Å². The molecule has 30 heavy (non-hydrogen) atoms. The first-order valence-electron chi connectivity index (χ1n) is 9.47. The molecule has 0 radical (unpaired) electrons. The minimum atomic E-state index is -0.701. The molecule has 7 nitrogen and oxygen atoms in total. The number of barbiturate groups is 1. The number of nitrogens with zero attached hydrogens (tertiary/aromatic N) is 3. The van der Waals surface area contributed by atoms with Crippen LogP contribution in [0.4, 0.5) is 4.79 Å². The minimum Gasteiger partial charge on any atom is -0.342 e. The Morgan fingerprint density at radius 2 is 1.80 bits per heavy atom. The first-order chi connectivity index (χ1) is 14.5. The number of fused-ring (bicyclic) bond motifs is 1. The number of likely N-dealkylation sites (N-methyl/N-ethyl adjacent to an activating group) is 1. The summed E-state index contributed by atoms with van der Waals surface area (Å²) in [6.45, 7) is 2.42. The Hall–Kier alpha value is -4.18. The van der Waals surface area contributed by atoms with E-state index in [1.165, 1.54) is 6.08 Å². The van der Waals surface area contributed by atoms with Crippen molar-refractivity contribution in [3.05, 3.63) is 77.0 Å². The summed E-state index contributed by atoms with van der Waals surface area (Å²) in [5.41, 5.74) is 3.20. The fourth-order valence-electron chi connectivity index (χ4n) is 3.54. The Balaban J connectivity index is 1.76. The predicted molar refractivity (Wildman–Crippen MR) is 111 cm³/mol. The maximum Gasteiger partial charge on any atom is 0.331 e. The monoisotopic (exact) mass is 398 g/mol. The average Bonchev–Trinajstić information content (AvgIpc) is 3.09. The van der Waals surface area contributed by atoms with Crippen molar-refractivity contribution >= 4 is 34.8 Å². The Labute approximate surface area is 172 Å². The Bertz CT molecular complexity index is 1250. The van der Waals surface area contributed by atoms with Crippen LogP contribution in [-0.4, -0.2) is 33.9 Å². The van der Waals surface area contributed by atoms with Gasteiger partial charge >= 0.3 is 6.03 Å². The number of benzene rings is 2. The third-order valence-electron chi connectivity index (χ3n) is 5.06. The highest BCUT2D eigenvalue weighted by Crippen LogP contribution is 2.26. The van der Waals surface area contributed by atoms with Crippen molar-refractivity contribution < 1.29 is 14.4 Å². The maximum atomic E-state index is 12.6. The van der Waals surface area contributed by atoms with Gasteiger partial charge in [-0.25, -0.2) is 4.79 Å². The van der Waals surface area contributed by atoms with Crippen molar-refractivity contribution in [2.75, 3.05) is 6.54 Å². The summed E-state index contributed by atoms with van der Waals surface area (Å²) < 4.78 is 2.02. The smallest absolute Gasteiger partial charge is 0.331 e. The summed E-state index contributed by atoms with van der Waals surface area (Å²) in [5, 5.41) is 12.1. The Morgan fingerprint density at radius 1 is 1.07 bits per heavy atom. The molecule has 1 N–H and O–H groups in total. The van der Waals surface area contributed by atoms with E-state index >= 15 is 0 Å². The number of hydrogen-bond acceptors (Lipinski definition) is 4. The van der Waals surface area contributed by atoms with Crippen molar-refractivity contribution in [3.8, 4) is 6.07 Å². The lowest BCUT2D eigenvalue weighted by molar-refractivity contribution is -0.129. The molecule has 4 rings (SSSR count). The fraction of sp³-hybridized carbons (Fsp3) is 0.130. The molecule has 2 aromatic carbocycles. The lowest BCUT2D eigenvalue weighted by atomic mass is 10.1. The van der Waals surface area contributed by atoms with E-state index < -0.39 is 17.8 Å². The van der Waals surface area contributed by atoms with Crippen LogP contribution in [-0.2, 0) is 16.1 Å². The molecule has 1 aliphatic rings. The SMILES string of the molecule is CCN1C(=O)NC(=O)/C(=C\c2cn(Cc3ccc(C#N)cc3)c3ccccc23)C1=O. The number of rotatable bonds is 4. The number of nitriles is 1. The molecule has 148 valence electrons. The molecule has 0 unspecified atom stereocenters. The first kappa shape index (κ1) is 19.2. The highest BCUT2D eigenvalue weighted by atomic mass is 16.2. The van der Waals surface area contributed by atoms with Crippen LogP contribution < -0.4 is 5.32 Å². The normalized spacial score (nSPS) is 15.5.